The minimum atomic E-state index is -3.86. The van der Waals surface area contributed by atoms with E-state index in [-0.39, 0.29) is 4.90 Å². The Hall–Kier alpha value is -4.94. The number of para-hydroxylation sites is 2. The van der Waals surface area contributed by atoms with Gasteiger partial charge in [0, 0.05) is 50.8 Å². The third-order valence-corrected chi connectivity index (χ3v) is 8.92. The molecule has 1 fully saturated rings. The molecule has 0 unspecified atom stereocenters. The number of carbonyl (C=O) groups excluding carboxylic acids is 2. The van der Waals surface area contributed by atoms with E-state index in [1.807, 2.05) is 12.1 Å². The summed E-state index contributed by atoms with van der Waals surface area (Å²) in [4.78, 5) is 34.1. The Balaban J connectivity index is 1.23. The summed E-state index contributed by atoms with van der Waals surface area (Å²) in [5, 5.41) is 5.36. The largest absolute Gasteiger partial charge is 0.444 e. The number of ether oxygens (including phenoxy) is 1. The van der Waals surface area contributed by atoms with Crippen molar-refractivity contribution in [2.75, 3.05) is 48.8 Å². The second-order valence-corrected chi connectivity index (χ2v) is 13.8. The summed E-state index contributed by atoms with van der Waals surface area (Å²) in [5.74, 6) is 0.446. The van der Waals surface area contributed by atoms with Crippen molar-refractivity contribution in [2.45, 2.75) is 31.3 Å². The van der Waals surface area contributed by atoms with E-state index in [0.29, 0.717) is 16.9 Å². The third kappa shape index (κ3) is 8.20. The van der Waals surface area contributed by atoms with E-state index < -0.39 is 27.6 Å². The van der Waals surface area contributed by atoms with Gasteiger partial charge in [-0.3, -0.25) is 10.1 Å². The Morgan fingerprint density at radius 1 is 0.891 bits per heavy atom. The van der Waals surface area contributed by atoms with Crippen LogP contribution in [-0.2, 0) is 19.6 Å². The molecule has 1 saturated heterocycles. The molecule has 2 N–H and O–H groups in total. The quantitative estimate of drug-likeness (QED) is 0.240. The summed E-state index contributed by atoms with van der Waals surface area (Å²) in [7, 11) is -1.75. The predicted molar refractivity (Wildman–Crippen MR) is 180 cm³/mol. The van der Waals surface area contributed by atoms with Crippen molar-refractivity contribution in [2.24, 2.45) is 0 Å². The number of likely N-dealkylation sites (N-methyl/N-ethyl adjacent to an activating group) is 1. The number of piperazine rings is 1. The minimum Gasteiger partial charge on any atom is -0.444 e. The lowest BCUT2D eigenvalue weighted by Crippen LogP contribution is -2.44. The number of anilines is 3. The Bertz CT molecular complexity index is 1840. The first kappa shape index (κ1) is 32.5. The summed E-state index contributed by atoms with van der Waals surface area (Å²) in [5.41, 5.74) is 2.45. The summed E-state index contributed by atoms with van der Waals surface area (Å²) < 4.78 is 33.1. The molecule has 2 amide bonds. The smallest absolute Gasteiger partial charge is 0.412 e. The number of aromatic nitrogens is 2. The molecule has 0 radical (unpaired) electrons. The highest BCUT2D eigenvalue weighted by Gasteiger charge is 2.19. The van der Waals surface area contributed by atoms with Crippen molar-refractivity contribution in [3.05, 3.63) is 97.0 Å². The number of amides is 2. The molecule has 2 aromatic heterocycles. The lowest BCUT2D eigenvalue weighted by molar-refractivity contribution is -0.111. The molecule has 240 valence electrons. The zero-order valence-corrected chi connectivity index (χ0v) is 27.1. The van der Waals surface area contributed by atoms with Crippen LogP contribution in [0.2, 0.25) is 0 Å². The topological polar surface area (TPSA) is 126 Å². The Morgan fingerprint density at radius 2 is 1.57 bits per heavy atom. The molecule has 0 saturated carbocycles. The maximum atomic E-state index is 13.4. The fraction of sp³-hybridized carbons (Fsp3) is 0.265. The van der Waals surface area contributed by atoms with Crippen LogP contribution in [0.5, 0.6) is 0 Å². The molecule has 12 heteroatoms. The highest BCUT2D eigenvalue weighted by molar-refractivity contribution is 7.90. The number of carbonyl (C=O) groups is 2. The van der Waals surface area contributed by atoms with Gasteiger partial charge in [-0.1, -0.05) is 24.3 Å². The molecule has 3 heterocycles. The fourth-order valence-corrected chi connectivity index (χ4v) is 6.05. The number of rotatable bonds is 8. The summed E-state index contributed by atoms with van der Waals surface area (Å²) in [6.45, 7) is 9.04. The Morgan fingerprint density at radius 3 is 2.24 bits per heavy atom. The van der Waals surface area contributed by atoms with Gasteiger partial charge < -0.3 is 19.9 Å². The lowest BCUT2D eigenvalue weighted by Gasteiger charge is -2.33. The molecule has 0 aliphatic carbocycles. The monoisotopic (exact) mass is 642 g/mol. The van der Waals surface area contributed by atoms with Crippen LogP contribution in [0.15, 0.2) is 96.3 Å². The molecule has 1 aliphatic rings. The van der Waals surface area contributed by atoms with Crippen molar-refractivity contribution in [1.29, 1.82) is 0 Å². The molecular weight excluding hydrogens is 604 g/mol. The van der Waals surface area contributed by atoms with Gasteiger partial charge in [0.05, 0.1) is 16.3 Å². The average molecular weight is 643 g/mol. The van der Waals surface area contributed by atoms with Crippen molar-refractivity contribution in [3.8, 4) is 11.1 Å². The van der Waals surface area contributed by atoms with E-state index in [4.69, 9.17) is 4.74 Å². The maximum Gasteiger partial charge on any atom is 0.412 e. The fourth-order valence-electron chi connectivity index (χ4n) is 4.85. The zero-order chi connectivity index (χ0) is 32.9. The molecule has 0 atom stereocenters. The number of nitrogens with one attached hydrogen (secondary N) is 2. The van der Waals surface area contributed by atoms with E-state index >= 15 is 0 Å². The molecule has 46 heavy (non-hydrogen) atoms. The molecule has 4 aromatic rings. The predicted octanol–water partition coefficient (Wildman–Crippen LogP) is 5.54. The molecule has 2 aromatic carbocycles. The van der Waals surface area contributed by atoms with Gasteiger partial charge in [0.1, 0.15) is 11.4 Å². The highest BCUT2D eigenvalue weighted by Crippen LogP contribution is 2.26. The average Bonchev–Trinajstić information content (AvgIpc) is 3.51. The normalized spacial score (nSPS) is 14.3. The number of nitrogens with zero attached hydrogens (tertiary/aromatic N) is 4. The van der Waals surface area contributed by atoms with E-state index in [1.54, 1.807) is 81.6 Å². The molecule has 11 nitrogen and oxygen atoms in total. The van der Waals surface area contributed by atoms with Gasteiger partial charge in [-0.2, -0.15) is 0 Å². The third-order valence-electron chi connectivity index (χ3n) is 7.27. The van der Waals surface area contributed by atoms with Gasteiger partial charge in [0.2, 0.25) is 5.91 Å². The lowest BCUT2D eigenvalue weighted by atomic mass is 10.1. The van der Waals surface area contributed by atoms with Crippen LogP contribution < -0.4 is 15.5 Å². The highest BCUT2D eigenvalue weighted by atomic mass is 32.2. The Kier molecular flexibility index (Phi) is 9.59. The van der Waals surface area contributed by atoms with Crippen LogP contribution in [0, 0.1) is 0 Å². The van der Waals surface area contributed by atoms with Gasteiger partial charge in [0.25, 0.3) is 10.0 Å². The van der Waals surface area contributed by atoms with E-state index in [1.165, 1.54) is 24.5 Å². The second kappa shape index (κ2) is 13.6. The van der Waals surface area contributed by atoms with Crippen LogP contribution >= 0.6 is 0 Å². The van der Waals surface area contributed by atoms with Crippen LogP contribution in [0.25, 0.3) is 17.2 Å². The Labute approximate surface area is 269 Å². The zero-order valence-electron chi connectivity index (χ0n) is 26.3. The van der Waals surface area contributed by atoms with E-state index in [2.05, 4.69) is 32.5 Å². The molecule has 5 rings (SSSR count). The van der Waals surface area contributed by atoms with Gasteiger partial charge in [-0.05, 0) is 93.0 Å². The molecule has 1 aliphatic heterocycles. The number of hydrogen-bond acceptors (Lipinski definition) is 8. The van der Waals surface area contributed by atoms with Gasteiger partial charge in [-0.25, -0.2) is 22.2 Å². The number of hydrogen-bond donors (Lipinski definition) is 2. The van der Waals surface area contributed by atoms with E-state index in [0.717, 1.165) is 47.1 Å². The number of pyridine rings is 1. The van der Waals surface area contributed by atoms with Crippen molar-refractivity contribution in [1.82, 2.24) is 13.9 Å². The second-order valence-electron chi connectivity index (χ2n) is 12.0. The summed E-state index contributed by atoms with van der Waals surface area (Å²) in [6.07, 6.45) is 6.81. The van der Waals surface area contributed by atoms with Gasteiger partial charge >= 0.3 is 6.09 Å². The summed E-state index contributed by atoms with van der Waals surface area (Å²) >= 11 is 0. The van der Waals surface area contributed by atoms with Crippen molar-refractivity contribution >= 4 is 45.3 Å². The molecule has 0 spiro atoms. The SMILES string of the molecule is CN1CCN(c2cc(-c3ccc(S(=O)(=O)n4ccc(C=CC(=O)Nc5ccccc5NC(=O)OC(C)(C)C)c4)cc3)ccn2)CC1. The summed E-state index contributed by atoms with van der Waals surface area (Å²) in [6, 6.07) is 19.0. The van der Waals surface area contributed by atoms with Crippen LogP contribution in [0.4, 0.5) is 22.0 Å². The molecular formula is C34H38N6O5S. The van der Waals surface area contributed by atoms with Crippen LogP contribution in [0.3, 0.4) is 0 Å². The number of benzene rings is 2. The van der Waals surface area contributed by atoms with Crippen molar-refractivity contribution in [3.63, 3.8) is 0 Å². The first-order chi connectivity index (χ1) is 21.9. The maximum absolute atomic E-state index is 13.4. The molecule has 0 bridgehead atoms. The van der Waals surface area contributed by atoms with Crippen molar-refractivity contribution < 1.29 is 22.7 Å². The van der Waals surface area contributed by atoms with Crippen LogP contribution in [0.1, 0.15) is 26.3 Å². The minimum absolute atomic E-state index is 0.141. The van der Waals surface area contributed by atoms with E-state index in [9.17, 15) is 18.0 Å². The first-order valence-corrected chi connectivity index (χ1v) is 16.3. The standard InChI is InChI=1S/C34H38N6O5S/c1-34(2,3)45-33(42)37-30-8-6-5-7-29(30)36-32(41)14-9-25-16-18-40(24-25)46(43,44)28-12-10-26(11-13-28)27-15-17-35-31(23-27)39-21-19-38(4)20-22-39/h5-18,23-24H,19-22H2,1-4H3,(H,36,41)(H,37,42). The van der Waals surface area contributed by atoms with Gasteiger partial charge in [-0.15, -0.1) is 0 Å². The van der Waals surface area contributed by atoms with Gasteiger partial charge in [0.15, 0.2) is 0 Å². The van der Waals surface area contributed by atoms with Crippen LogP contribution in [-0.4, -0.2) is 73.1 Å². The first-order valence-electron chi connectivity index (χ1n) is 14.9.